The molecule has 0 bridgehead atoms. The lowest BCUT2D eigenvalue weighted by Crippen LogP contribution is -2.49. The van der Waals surface area contributed by atoms with Crippen LogP contribution >= 0.6 is 7.60 Å². The molecule has 2 rings (SSSR count). The number of ether oxygens (including phenoxy) is 1. The molecule has 0 saturated carbocycles. The van der Waals surface area contributed by atoms with Crippen LogP contribution in [0.15, 0.2) is 17.1 Å². The Morgan fingerprint density at radius 3 is 2.52 bits per heavy atom. The van der Waals surface area contributed by atoms with Gasteiger partial charge in [0.05, 0.1) is 19.8 Å². The quantitative estimate of drug-likeness (QED) is 0.492. The summed E-state index contributed by atoms with van der Waals surface area (Å²) in [6.45, 7) is 5.30. The van der Waals surface area contributed by atoms with Crippen LogP contribution < -0.4 is 11.4 Å². The van der Waals surface area contributed by atoms with Crippen LogP contribution in [0, 0.1) is 0 Å². The first-order valence-corrected chi connectivity index (χ1v) is 10.2. The van der Waals surface area contributed by atoms with Crippen molar-refractivity contribution < 1.29 is 28.0 Å². The van der Waals surface area contributed by atoms with Gasteiger partial charge in [0, 0.05) is 19.7 Å². The van der Waals surface area contributed by atoms with Crippen molar-refractivity contribution in [3.8, 4) is 0 Å². The van der Waals surface area contributed by atoms with Gasteiger partial charge in [0.2, 0.25) is 0 Å². The van der Waals surface area contributed by atoms with E-state index in [-0.39, 0.29) is 32.1 Å². The molecule has 0 spiro atoms. The average molecular weight is 404 g/mol. The van der Waals surface area contributed by atoms with Gasteiger partial charge in [-0.05, 0) is 26.8 Å². The predicted octanol–water partition coefficient (Wildman–Crippen LogP) is 0.901. The molecule has 27 heavy (non-hydrogen) atoms. The summed E-state index contributed by atoms with van der Waals surface area (Å²) in [5, 5.41) is 1.20. The zero-order valence-corrected chi connectivity index (χ0v) is 16.7. The molecule has 1 aromatic rings. The molecule has 1 aliphatic heterocycles. The van der Waals surface area contributed by atoms with Crippen LogP contribution in [0.5, 0.6) is 0 Å². The second-order valence-electron chi connectivity index (χ2n) is 5.71. The van der Waals surface area contributed by atoms with Gasteiger partial charge < -0.3 is 19.5 Å². The number of nitrogens with two attached hydrogens (primary N) is 1. The van der Waals surface area contributed by atoms with Crippen LogP contribution in [0.3, 0.4) is 0 Å². The van der Waals surface area contributed by atoms with Gasteiger partial charge in [-0.25, -0.2) is 9.59 Å². The Labute approximate surface area is 156 Å². The lowest BCUT2D eigenvalue weighted by Gasteiger charge is -2.27. The van der Waals surface area contributed by atoms with E-state index in [2.05, 4.69) is 4.98 Å². The molecule has 11 nitrogen and oxygen atoms in total. The predicted molar refractivity (Wildman–Crippen MR) is 95.6 cm³/mol. The number of hydroxylamine groups is 2. The van der Waals surface area contributed by atoms with Crippen LogP contribution in [0.1, 0.15) is 27.2 Å². The Bertz CT molecular complexity index is 776. The van der Waals surface area contributed by atoms with Crippen molar-refractivity contribution in [2.45, 2.75) is 38.7 Å². The first kappa shape index (κ1) is 21.5. The second kappa shape index (κ2) is 8.49. The molecule has 0 aromatic carbocycles. The van der Waals surface area contributed by atoms with Gasteiger partial charge in [0.25, 0.3) is 5.72 Å². The molecule has 1 saturated heterocycles. The van der Waals surface area contributed by atoms with Crippen molar-refractivity contribution in [2.24, 2.45) is 0 Å². The normalized spacial score (nSPS) is 23.5. The minimum Gasteiger partial charge on any atom is -0.462 e. The summed E-state index contributed by atoms with van der Waals surface area (Å²) in [7, 11) is -2.20. The third-order valence-electron chi connectivity index (χ3n) is 3.97. The van der Waals surface area contributed by atoms with Crippen molar-refractivity contribution in [1.29, 1.82) is 0 Å². The number of esters is 1. The first-order valence-electron chi connectivity index (χ1n) is 8.57. The maximum Gasteiger partial charge on any atom is 0.362 e. The molecular weight excluding hydrogens is 379 g/mol. The number of nitrogen functional groups attached to an aromatic ring is 1. The van der Waals surface area contributed by atoms with E-state index in [1.54, 1.807) is 20.8 Å². The average Bonchev–Trinajstić information content (AvgIpc) is 2.95. The van der Waals surface area contributed by atoms with Crippen molar-refractivity contribution in [3.05, 3.63) is 22.7 Å². The summed E-state index contributed by atoms with van der Waals surface area (Å²) >= 11 is 0. The summed E-state index contributed by atoms with van der Waals surface area (Å²) in [5.74, 6) is -1.77. The Morgan fingerprint density at radius 2 is 2.00 bits per heavy atom. The number of rotatable bonds is 8. The monoisotopic (exact) mass is 404 g/mol. The highest BCUT2D eigenvalue weighted by Crippen LogP contribution is 2.59. The van der Waals surface area contributed by atoms with E-state index in [9.17, 15) is 14.2 Å². The molecule has 2 atom stereocenters. The van der Waals surface area contributed by atoms with E-state index in [1.165, 1.54) is 24.4 Å². The second-order valence-corrected chi connectivity index (χ2v) is 7.90. The number of hydrogen-bond acceptors (Lipinski definition) is 10. The third kappa shape index (κ3) is 4.07. The van der Waals surface area contributed by atoms with Gasteiger partial charge >= 0.3 is 19.3 Å². The molecule has 12 heteroatoms. The molecule has 0 amide bonds. The molecule has 152 valence electrons. The number of nitrogens with zero attached hydrogens (tertiary/aromatic N) is 3. The largest absolute Gasteiger partial charge is 0.462 e. The van der Waals surface area contributed by atoms with Gasteiger partial charge in [0.15, 0.2) is 0 Å². The first-order chi connectivity index (χ1) is 12.7. The maximum absolute atomic E-state index is 13.2. The number of anilines is 1. The van der Waals surface area contributed by atoms with Gasteiger partial charge in [-0.15, -0.1) is 0 Å². The van der Waals surface area contributed by atoms with Gasteiger partial charge in [-0.1, -0.05) is 0 Å². The molecule has 2 heterocycles. The van der Waals surface area contributed by atoms with E-state index in [0.29, 0.717) is 0 Å². The third-order valence-corrected chi connectivity index (χ3v) is 6.44. The Balaban J connectivity index is 2.55. The molecule has 2 N–H and O–H groups in total. The van der Waals surface area contributed by atoms with E-state index in [1.807, 2.05) is 0 Å². The van der Waals surface area contributed by atoms with E-state index in [0.717, 1.165) is 4.57 Å². The van der Waals surface area contributed by atoms with Crippen LogP contribution in [-0.2, 0) is 33.7 Å². The molecular formula is C15H25N4O7P. The SMILES string of the molecule is CCOC(=O)[C@@]1(n2ccc(N)nc2=O)C[C@H](P(=O)(OCC)OCC)N(C)O1. The van der Waals surface area contributed by atoms with E-state index < -0.39 is 30.8 Å². The van der Waals surface area contributed by atoms with E-state index >= 15 is 0 Å². The molecule has 0 unspecified atom stereocenters. The van der Waals surface area contributed by atoms with Gasteiger partial charge in [-0.2, -0.15) is 10.0 Å². The van der Waals surface area contributed by atoms with Gasteiger partial charge in [0.1, 0.15) is 11.6 Å². The lowest BCUT2D eigenvalue weighted by atomic mass is 10.1. The topological polar surface area (TPSA) is 135 Å². The summed E-state index contributed by atoms with van der Waals surface area (Å²) < 4.78 is 30.1. The van der Waals surface area contributed by atoms with Gasteiger partial charge in [-0.3, -0.25) is 14.0 Å². The van der Waals surface area contributed by atoms with Crippen LogP contribution in [0.25, 0.3) is 0 Å². The van der Waals surface area contributed by atoms with Crippen molar-refractivity contribution >= 4 is 19.4 Å². The Kier molecular flexibility index (Phi) is 6.77. The fraction of sp³-hybridized carbons (Fsp3) is 0.667. The minimum atomic E-state index is -3.67. The highest BCUT2D eigenvalue weighted by Gasteiger charge is 2.59. The van der Waals surface area contributed by atoms with Crippen molar-refractivity contribution in [2.75, 3.05) is 32.6 Å². The Morgan fingerprint density at radius 1 is 1.37 bits per heavy atom. The molecule has 0 radical (unpaired) electrons. The highest BCUT2D eigenvalue weighted by molar-refractivity contribution is 7.54. The van der Waals surface area contributed by atoms with Crippen molar-refractivity contribution in [1.82, 2.24) is 14.6 Å². The summed E-state index contributed by atoms with van der Waals surface area (Å²) in [6, 6.07) is 1.35. The van der Waals surface area contributed by atoms with Crippen LogP contribution in [0.4, 0.5) is 5.82 Å². The Hall–Kier alpha value is -1.78. The summed E-state index contributed by atoms with van der Waals surface area (Å²) in [4.78, 5) is 34.5. The number of aromatic nitrogens is 2. The minimum absolute atomic E-state index is 0.00698. The smallest absolute Gasteiger partial charge is 0.362 e. The number of carbonyl (C=O) groups is 1. The lowest BCUT2D eigenvalue weighted by molar-refractivity contribution is -0.235. The van der Waals surface area contributed by atoms with E-state index in [4.69, 9.17) is 24.4 Å². The fourth-order valence-electron chi connectivity index (χ4n) is 2.89. The number of carbonyl (C=O) groups excluding carboxylic acids is 1. The highest BCUT2D eigenvalue weighted by atomic mass is 31.2. The zero-order chi connectivity index (χ0) is 20.2. The van der Waals surface area contributed by atoms with Crippen LogP contribution in [0.2, 0.25) is 0 Å². The zero-order valence-electron chi connectivity index (χ0n) is 15.8. The molecule has 1 aliphatic rings. The molecule has 1 fully saturated rings. The summed E-state index contributed by atoms with van der Waals surface area (Å²) in [5.41, 5.74) is 2.82. The molecule has 1 aromatic heterocycles. The van der Waals surface area contributed by atoms with Crippen LogP contribution in [-0.4, -0.2) is 53.2 Å². The maximum atomic E-state index is 13.2. The van der Waals surface area contributed by atoms with Crippen molar-refractivity contribution in [3.63, 3.8) is 0 Å². The standard InChI is InChI=1S/C15H25N4O7P/c1-5-23-13(20)15(19-9-8-11(16)17-14(19)21)10-12(18(4)26-15)27(22,24-6-2)25-7-3/h8-9,12H,5-7,10H2,1-4H3,(H2,16,17,21)/t12-,15+/m0/s1. The fourth-order valence-corrected chi connectivity index (χ4v) is 4.94. The summed E-state index contributed by atoms with van der Waals surface area (Å²) in [6.07, 6.45) is 1.08. The molecule has 0 aliphatic carbocycles. The number of hydrogen-bond donors (Lipinski definition) is 1.